The van der Waals surface area contributed by atoms with E-state index in [1.165, 1.54) is 0 Å². The van der Waals surface area contributed by atoms with Gasteiger partial charge in [0.1, 0.15) is 5.82 Å². The molecule has 0 aliphatic heterocycles. The van der Waals surface area contributed by atoms with Crippen LogP contribution < -0.4 is 9.47 Å². The molecule has 0 saturated carbocycles. The first-order chi connectivity index (χ1) is 11.5. The number of esters is 1. The van der Waals surface area contributed by atoms with Crippen molar-refractivity contribution in [1.29, 1.82) is 0 Å². The van der Waals surface area contributed by atoms with Crippen molar-refractivity contribution in [2.75, 3.05) is 13.7 Å². The van der Waals surface area contributed by atoms with Gasteiger partial charge >= 0.3 is 5.97 Å². The average molecular weight is 332 g/mol. The molecule has 6 heteroatoms. The summed E-state index contributed by atoms with van der Waals surface area (Å²) in [5.74, 6) is 1.73. The van der Waals surface area contributed by atoms with Crippen molar-refractivity contribution >= 4 is 5.97 Å². The van der Waals surface area contributed by atoms with Crippen molar-refractivity contribution in [2.24, 2.45) is 7.05 Å². The van der Waals surface area contributed by atoms with Crippen molar-refractivity contribution in [3.63, 3.8) is 0 Å². The Balaban J connectivity index is 1.88. The van der Waals surface area contributed by atoms with Crippen LogP contribution in [0, 0.1) is 0 Å². The highest BCUT2D eigenvalue weighted by Gasteiger charge is 2.13. The smallest absolute Gasteiger partial charge is 0.338 e. The van der Waals surface area contributed by atoms with Gasteiger partial charge in [-0.1, -0.05) is 0 Å². The van der Waals surface area contributed by atoms with E-state index in [-0.39, 0.29) is 12.1 Å². The molecule has 2 aromatic rings. The Bertz CT molecular complexity index is 679. The molecular weight excluding hydrogens is 308 g/mol. The number of methoxy groups -OCH3 is 1. The summed E-state index contributed by atoms with van der Waals surface area (Å²) in [6.45, 7) is 4.21. The number of nitrogens with zero attached hydrogens (tertiary/aromatic N) is 2. The predicted molar refractivity (Wildman–Crippen MR) is 90.6 cm³/mol. The molecule has 0 saturated heterocycles. The van der Waals surface area contributed by atoms with E-state index in [1.54, 1.807) is 31.5 Å². The van der Waals surface area contributed by atoms with Gasteiger partial charge in [-0.05, 0) is 38.5 Å². The minimum Gasteiger partial charge on any atom is -0.493 e. The molecule has 0 N–H and O–H groups in total. The summed E-state index contributed by atoms with van der Waals surface area (Å²) in [6.07, 6.45) is 5.18. The van der Waals surface area contributed by atoms with Crippen LogP contribution in [0.3, 0.4) is 0 Å². The summed E-state index contributed by atoms with van der Waals surface area (Å²) >= 11 is 0. The molecule has 0 atom stereocenters. The average Bonchev–Trinajstić information content (AvgIpc) is 2.96. The predicted octanol–water partition coefficient (Wildman–Crippen LogP) is 3.01. The molecule has 0 radical (unpaired) electrons. The highest BCUT2D eigenvalue weighted by atomic mass is 16.5. The van der Waals surface area contributed by atoms with Crippen LogP contribution in [0.25, 0.3) is 0 Å². The number of aryl methyl sites for hydroxylation is 2. The van der Waals surface area contributed by atoms with Crippen LogP contribution in [0.4, 0.5) is 0 Å². The first-order valence-corrected chi connectivity index (χ1v) is 7.99. The second-order valence-electron chi connectivity index (χ2n) is 5.73. The van der Waals surface area contributed by atoms with Crippen molar-refractivity contribution < 1.29 is 19.0 Å². The molecular formula is C18H24N2O4. The minimum atomic E-state index is -0.371. The molecule has 6 nitrogen and oxygen atoms in total. The topological polar surface area (TPSA) is 62.6 Å². The molecule has 0 unspecified atom stereocenters. The number of ether oxygens (including phenoxy) is 3. The Morgan fingerprint density at radius 2 is 2.08 bits per heavy atom. The molecule has 0 spiro atoms. The molecule has 0 fully saturated rings. The highest BCUT2D eigenvalue weighted by molar-refractivity contribution is 5.90. The van der Waals surface area contributed by atoms with Crippen molar-refractivity contribution in [2.45, 2.75) is 32.8 Å². The van der Waals surface area contributed by atoms with E-state index in [2.05, 4.69) is 4.98 Å². The summed E-state index contributed by atoms with van der Waals surface area (Å²) < 4.78 is 18.2. The number of benzene rings is 1. The maximum atomic E-state index is 12.1. The Kier molecular flexibility index (Phi) is 6.23. The zero-order valence-corrected chi connectivity index (χ0v) is 14.6. The fraction of sp³-hybridized carbons (Fsp3) is 0.444. The maximum absolute atomic E-state index is 12.1. The number of rotatable bonds is 8. The lowest BCUT2D eigenvalue weighted by Crippen LogP contribution is -2.10. The third-order valence-electron chi connectivity index (χ3n) is 3.46. The standard InChI is InChI=1S/C18H24N2O4/c1-13(2)24-15-8-7-14(12-16(15)22-4)18(21)23-11-5-6-17-19-9-10-20(17)3/h7-10,12-13H,5-6,11H2,1-4H3. The van der Waals surface area contributed by atoms with Crippen LogP contribution in [0.15, 0.2) is 30.6 Å². The molecule has 24 heavy (non-hydrogen) atoms. The van der Waals surface area contributed by atoms with Crippen LogP contribution in [-0.4, -0.2) is 35.3 Å². The van der Waals surface area contributed by atoms with Gasteiger partial charge in [-0.15, -0.1) is 0 Å². The van der Waals surface area contributed by atoms with E-state index in [1.807, 2.05) is 31.7 Å². The van der Waals surface area contributed by atoms with Crippen LogP contribution in [-0.2, 0) is 18.2 Å². The molecule has 0 aliphatic carbocycles. The third kappa shape index (κ3) is 4.75. The van der Waals surface area contributed by atoms with Gasteiger partial charge in [-0.2, -0.15) is 0 Å². The highest BCUT2D eigenvalue weighted by Crippen LogP contribution is 2.29. The number of carbonyl (C=O) groups is 1. The van der Waals surface area contributed by atoms with Gasteiger partial charge < -0.3 is 18.8 Å². The Labute approximate surface area is 142 Å². The van der Waals surface area contributed by atoms with Crippen LogP contribution in [0.2, 0.25) is 0 Å². The van der Waals surface area contributed by atoms with Gasteiger partial charge in [0.15, 0.2) is 11.5 Å². The zero-order chi connectivity index (χ0) is 17.5. The lowest BCUT2D eigenvalue weighted by molar-refractivity contribution is 0.0499. The van der Waals surface area contributed by atoms with Crippen molar-refractivity contribution in [1.82, 2.24) is 9.55 Å². The lowest BCUT2D eigenvalue weighted by Gasteiger charge is -2.14. The van der Waals surface area contributed by atoms with Crippen LogP contribution >= 0.6 is 0 Å². The largest absolute Gasteiger partial charge is 0.493 e. The number of carbonyl (C=O) groups excluding carboxylic acids is 1. The third-order valence-corrected chi connectivity index (χ3v) is 3.46. The minimum absolute atomic E-state index is 0.0304. The second kappa shape index (κ2) is 8.38. The fourth-order valence-corrected chi connectivity index (χ4v) is 2.26. The first kappa shape index (κ1) is 17.8. The van der Waals surface area contributed by atoms with Crippen LogP contribution in [0.1, 0.15) is 36.5 Å². The summed E-state index contributed by atoms with van der Waals surface area (Å²) in [6, 6.07) is 5.05. The van der Waals surface area contributed by atoms with Gasteiger partial charge in [0.25, 0.3) is 0 Å². The molecule has 130 valence electrons. The number of hydrogen-bond acceptors (Lipinski definition) is 5. The van der Waals surface area contributed by atoms with Gasteiger partial charge in [0.2, 0.25) is 0 Å². The summed E-state index contributed by atoms with van der Waals surface area (Å²) in [5.41, 5.74) is 0.444. The van der Waals surface area contributed by atoms with E-state index < -0.39 is 0 Å². The van der Waals surface area contributed by atoms with Crippen LogP contribution in [0.5, 0.6) is 11.5 Å². The number of hydrogen-bond donors (Lipinski definition) is 0. The second-order valence-corrected chi connectivity index (χ2v) is 5.73. The van der Waals surface area contributed by atoms with E-state index >= 15 is 0 Å². The Hall–Kier alpha value is -2.50. The maximum Gasteiger partial charge on any atom is 0.338 e. The van der Waals surface area contributed by atoms with Crippen molar-refractivity contribution in [3.05, 3.63) is 42.0 Å². The van der Waals surface area contributed by atoms with E-state index in [9.17, 15) is 4.79 Å². The normalized spacial score (nSPS) is 10.7. The SMILES string of the molecule is COc1cc(C(=O)OCCCc2nccn2C)ccc1OC(C)C. The molecule has 0 amide bonds. The Morgan fingerprint density at radius 1 is 1.29 bits per heavy atom. The van der Waals surface area contributed by atoms with E-state index in [4.69, 9.17) is 14.2 Å². The first-order valence-electron chi connectivity index (χ1n) is 7.99. The molecule has 1 aromatic carbocycles. The fourth-order valence-electron chi connectivity index (χ4n) is 2.26. The molecule has 0 bridgehead atoms. The van der Waals surface area contributed by atoms with Gasteiger partial charge in [0, 0.05) is 25.9 Å². The summed E-state index contributed by atoms with van der Waals surface area (Å²) in [4.78, 5) is 16.4. The van der Waals surface area contributed by atoms with Gasteiger partial charge in [0.05, 0.1) is 25.4 Å². The molecule has 1 heterocycles. The zero-order valence-electron chi connectivity index (χ0n) is 14.6. The monoisotopic (exact) mass is 332 g/mol. The number of aromatic nitrogens is 2. The van der Waals surface area contributed by atoms with E-state index in [0.717, 1.165) is 18.7 Å². The Morgan fingerprint density at radius 3 is 2.71 bits per heavy atom. The van der Waals surface area contributed by atoms with Gasteiger partial charge in [-0.3, -0.25) is 0 Å². The molecule has 2 rings (SSSR count). The number of imidazole rings is 1. The quantitative estimate of drug-likeness (QED) is 0.549. The lowest BCUT2D eigenvalue weighted by atomic mass is 10.2. The summed E-state index contributed by atoms with van der Waals surface area (Å²) in [7, 11) is 3.49. The van der Waals surface area contributed by atoms with Gasteiger partial charge in [-0.25, -0.2) is 9.78 Å². The van der Waals surface area contributed by atoms with E-state index in [0.29, 0.717) is 23.7 Å². The van der Waals surface area contributed by atoms with Crippen molar-refractivity contribution in [3.8, 4) is 11.5 Å². The molecule has 0 aliphatic rings. The molecule has 1 aromatic heterocycles. The summed E-state index contributed by atoms with van der Waals surface area (Å²) in [5, 5.41) is 0.